The Kier molecular flexibility index (Phi) is 6.94. The molecule has 1 unspecified atom stereocenters. The highest BCUT2D eigenvalue weighted by Crippen LogP contribution is 2.36. The Morgan fingerprint density at radius 2 is 2.09 bits per heavy atom. The van der Waals surface area contributed by atoms with E-state index in [0.717, 1.165) is 5.56 Å². The van der Waals surface area contributed by atoms with Crippen LogP contribution in [0.1, 0.15) is 17.0 Å². The van der Waals surface area contributed by atoms with Gasteiger partial charge in [-0.3, -0.25) is 4.52 Å². The van der Waals surface area contributed by atoms with Crippen LogP contribution < -0.4 is 10.5 Å². The first-order chi connectivity index (χ1) is 15.8. The first kappa shape index (κ1) is 23.2. The number of aromatic nitrogens is 2. The zero-order valence-corrected chi connectivity index (χ0v) is 18.8. The van der Waals surface area contributed by atoms with Crippen LogP contribution in [-0.4, -0.2) is 37.7 Å². The minimum Gasteiger partial charge on any atom is -0.439 e. The molecule has 1 aromatic carbocycles. The highest BCUT2D eigenvalue weighted by Gasteiger charge is 2.25. The second-order valence-electron chi connectivity index (χ2n) is 7.09. The lowest BCUT2D eigenvalue weighted by Crippen LogP contribution is -2.41. The summed E-state index contributed by atoms with van der Waals surface area (Å²) < 4.78 is 26.6. The van der Waals surface area contributed by atoms with Gasteiger partial charge in [-0.15, -0.1) is 0 Å². The molecule has 1 aliphatic rings. The first-order valence-corrected chi connectivity index (χ1v) is 11.6. The number of benzene rings is 1. The summed E-state index contributed by atoms with van der Waals surface area (Å²) in [6.07, 6.45) is 6.41. The molecule has 0 aliphatic carbocycles. The highest BCUT2D eigenvalue weighted by atomic mass is 35.5. The number of rotatable bonds is 8. The normalized spacial score (nSPS) is 16.1. The van der Waals surface area contributed by atoms with E-state index >= 15 is 0 Å². The third-order valence-electron chi connectivity index (χ3n) is 4.65. The topological polar surface area (TPSA) is 144 Å². The zero-order chi connectivity index (χ0) is 23.4. The number of nitrogens with two attached hydrogens (primary N) is 1. The summed E-state index contributed by atoms with van der Waals surface area (Å²) in [7, 11) is -4.62. The molecule has 0 spiro atoms. The summed E-state index contributed by atoms with van der Waals surface area (Å²) >= 11 is 5.96. The lowest BCUT2D eigenvalue weighted by Gasteiger charge is -2.30. The third kappa shape index (κ3) is 6.29. The van der Waals surface area contributed by atoms with Gasteiger partial charge in [0.2, 0.25) is 5.88 Å². The van der Waals surface area contributed by atoms with Crippen LogP contribution >= 0.6 is 19.4 Å². The Hall–Kier alpha value is -2.98. The monoisotopic (exact) mass is 490 g/mol. The average Bonchev–Trinajstić information content (AvgIpc) is 3.22. The molecule has 1 aliphatic heterocycles. The molecular weight excluding hydrogens is 471 g/mol. The highest BCUT2D eigenvalue weighted by molar-refractivity contribution is 7.46. The van der Waals surface area contributed by atoms with Gasteiger partial charge in [-0.25, -0.2) is 9.55 Å². The summed E-state index contributed by atoms with van der Waals surface area (Å²) in [5.74, 6) is 1.47. The van der Waals surface area contributed by atoms with E-state index in [-0.39, 0.29) is 6.73 Å². The second-order valence-corrected chi connectivity index (χ2v) is 8.77. The zero-order valence-electron chi connectivity index (χ0n) is 17.1. The van der Waals surface area contributed by atoms with Crippen LogP contribution in [0.25, 0.3) is 5.57 Å². The van der Waals surface area contributed by atoms with Gasteiger partial charge >= 0.3 is 7.82 Å². The maximum Gasteiger partial charge on any atom is 0.471 e. The van der Waals surface area contributed by atoms with E-state index in [4.69, 9.17) is 36.4 Å². The van der Waals surface area contributed by atoms with Crippen molar-refractivity contribution < 1.29 is 28.1 Å². The maximum atomic E-state index is 11.0. The van der Waals surface area contributed by atoms with Gasteiger partial charge in [0.25, 0.3) is 0 Å². The molecule has 0 saturated carbocycles. The molecule has 0 amide bonds. The van der Waals surface area contributed by atoms with E-state index in [1.807, 2.05) is 6.07 Å². The summed E-state index contributed by atoms with van der Waals surface area (Å²) in [5, 5.41) is 4.66. The van der Waals surface area contributed by atoms with Crippen LogP contribution in [0.4, 0.5) is 0 Å². The molecule has 172 valence electrons. The third-order valence-corrected chi connectivity index (χ3v) is 5.34. The number of hydrogen-bond acceptors (Lipinski definition) is 8. The summed E-state index contributed by atoms with van der Waals surface area (Å²) in [6.45, 7) is -0.379. The molecule has 4 rings (SSSR count). The van der Waals surface area contributed by atoms with Crippen LogP contribution in [0, 0.1) is 0 Å². The van der Waals surface area contributed by atoms with Gasteiger partial charge in [-0.1, -0.05) is 35.0 Å². The molecule has 4 N–H and O–H groups in total. The van der Waals surface area contributed by atoms with Crippen molar-refractivity contribution in [2.45, 2.75) is 12.6 Å². The summed E-state index contributed by atoms with van der Waals surface area (Å²) in [4.78, 5) is 23.5. The van der Waals surface area contributed by atoms with E-state index < -0.39 is 14.0 Å². The van der Waals surface area contributed by atoms with Crippen molar-refractivity contribution in [1.82, 2.24) is 15.0 Å². The van der Waals surface area contributed by atoms with Gasteiger partial charge < -0.3 is 29.7 Å². The Morgan fingerprint density at radius 1 is 1.24 bits per heavy atom. The largest absolute Gasteiger partial charge is 0.471 e. The molecule has 0 fully saturated rings. The van der Waals surface area contributed by atoms with E-state index in [9.17, 15) is 4.57 Å². The lowest BCUT2D eigenvalue weighted by molar-refractivity contribution is 0.110. The van der Waals surface area contributed by atoms with Gasteiger partial charge in [-0.2, -0.15) is 0 Å². The number of nitrogens with zero attached hydrogens (tertiary/aromatic N) is 3. The standard InChI is InChI=1S/C21H20ClN4O6P/c22-15-3-1-4-17(10-15)31-20-7-6-14(12-24-20)9-16-11-19(32-25-16)18-5-2-8-26(21(18)23)13-30-33(27,28)29/h1-8,10-12,21H,9,13,23H2,(H2,27,28,29). The van der Waals surface area contributed by atoms with Crippen molar-refractivity contribution in [3.8, 4) is 11.6 Å². The fourth-order valence-corrected chi connectivity index (χ4v) is 3.55. The van der Waals surface area contributed by atoms with E-state index in [0.29, 0.717) is 40.1 Å². The smallest absolute Gasteiger partial charge is 0.439 e. The minimum absolute atomic E-state index is 0.379. The van der Waals surface area contributed by atoms with Gasteiger partial charge in [0.05, 0.1) is 5.69 Å². The van der Waals surface area contributed by atoms with Crippen molar-refractivity contribution in [3.63, 3.8) is 0 Å². The first-order valence-electron chi connectivity index (χ1n) is 9.71. The van der Waals surface area contributed by atoms with Crippen molar-refractivity contribution in [2.75, 3.05) is 6.73 Å². The number of ether oxygens (including phenoxy) is 1. The maximum absolute atomic E-state index is 11.0. The number of halogens is 1. The number of allylic oxidation sites excluding steroid dienone is 2. The van der Waals surface area contributed by atoms with Gasteiger partial charge in [0.15, 0.2) is 5.76 Å². The molecule has 3 heterocycles. The quantitative estimate of drug-likeness (QED) is 0.400. The van der Waals surface area contributed by atoms with Crippen molar-refractivity contribution >= 4 is 25.0 Å². The predicted octanol–water partition coefficient (Wildman–Crippen LogP) is 3.67. The van der Waals surface area contributed by atoms with E-state index in [1.165, 1.54) is 4.90 Å². The van der Waals surface area contributed by atoms with Crippen LogP contribution in [-0.2, 0) is 15.5 Å². The molecule has 10 nitrogen and oxygen atoms in total. The molecule has 12 heteroatoms. The Bertz CT molecular complexity index is 1220. The number of phosphoric acid groups is 1. The molecule has 1 atom stereocenters. The summed E-state index contributed by atoms with van der Waals surface area (Å²) in [6, 6.07) is 12.4. The molecular formula is C21H20ClN4O6P. The molecule has 0 bridgehead atoms. The Labute approximate surface area is 194 Å². The lowest BCUT2D eigenvalue weighted by atomic mass is 10.1. The average molecular weight is 491 g/mol. The second kappa shape index (κ2) is 9.88. The van der Waals surface area contributed by atoms with Crippen LogP contribution in [0.3, 0.4) is 0 Å². The predicted molar refractivity (Wildman–Crippen MR) is 120 cm³/mol. The molecule has 0 saturated heterocycles. The minimum atomic E-state index is -4.62. The molecule has 33 heavy (non-hydrogen) atoms. The van der Waals surface area contributed by atoms with E-state index in [2.05, 4.69) is 14.7 Å². The SMILES string of the molecule is NC1C(c2cc(Cc3ccc(Oc4cccc(Cl)c4)nc3)no2)=CC=CN1COP(=O)(O)O. The number of pyridine rings is 1. The Morgan fingerprint density at radius 3 is 2.82 bits per heavy atom. The van der Waals surface area contributed by atoms with Gasteiger partial charge in [0.1, 0.15) is 18.6 Å². The van der Waals surface area contributed by atoms with Crippen molar-refractivity contribution in [2.24, 2.45) is 5.73 Å². The molecule has 3 aromatic rings. The number of phosphoric ester groups is 1. The fourth-order valence-electron chi connectivity index (χ4n) is 3.09. The summed E-state index contributed by atoms with van der Waals surface area (Å²) in [5.41, 5.74) is 8.34. The van der Waals surface area contributed by atoms with Crippen LogP contribution in [0.2, 0.25) is 5.02 Å². The van der Waals surface area contributed by atoms with Crippen molar-refractivity contribution in [3.05, 3.63) is 89.1 Å². The van der Waals surface area contributed by atoms with E-state index in [1.54, 1.807) is 60.9 Å². The molecule has 0 radical (unpaired) electrons. The van der Waals surface area contributed by atoms with Crippen molar-refractivity contribution in [1.29, 1.82) is 0 Å². The fraction of sp³-hybridized carbons (Fsp3) is 0.143. The van der Waals surface area contributed by atoms with Gasteiger partial charge in [0, 0.05) is 41.5 Å². The molecule has 2 aromatic heterocycles. The van der Waals surface area contributed by atoms with Gasteiger partial charge in [-0.05, 0) is 29.8 Å². The van der Waals surface area contributed by atoms with Crippen LogP contribution in [0.5, 0.6) is 11.6 Å². The Balaban J connectivity index is 1.39. The van der Waals surface area contributed by atoms with Crippen LogP contribution in [0.15, 0.2) is 71.5 Å². The number of hydrogen-bond donors (Lipinski definition) is 3.